The van der Waals surface area contributed by atoms with Crippen LogP contribution in [0.1, 0.15) is 59.3 Å². The third-order valence-electron chi connectivity index (χ3n) is 7.03. The van der Waals surface area contributed by atoms with Gasteiger partial charge in [0.15, 0.2) is 6.10 Å². The maximum Gasteiger partial charge on any atom is 0.325 e. The number of ether oxygens (including phenoxy) is 2. The molecular formula is C29H37N5O6. The van der Waals surface area contributed by atoms with Gasteiger partial charge in [0, 0.05) is 12.1 Å². The predicted octanol–water partition coefficient (Wildman–Crippen LogP) is 2.27. The van der Waals surface area contributed by atoms with Crippen molar-refractivity contribution < 1.29 is 28.7 Å². The van der Waals surface area contributed by atoms with Crippen LogP contribution in [0.5, 0.6) is 5.75 Å². The molecule has 3 amide bonds. The first-order valence-corrected chi connectivity index (χ1v) is 13.7. The largest absolute Gasteiger partial charge is 0.481 e. The number of carbonyl (C=O) groups excluding carboxylic acids is 4. The molecular weight excluding hydrogens is 514 g/mol. The van der Waals surface area contributed by atoms with Crippen LogP contribution < -0.4 is 20.8 Å². The Hall–Kier alpha value is -3.99. The van der Waals surface area contributed by atoms with Gasteiger partial charge in [0.25, 0.3) is 11.8 Å². The van der Waals surface area contributed by atoms with E-state index in [1.165, 1.54) is 5.01 Å². The van der Waals surface area contributed by atoms with Gasteiger partial charge in [-0.05, 0) is 75.9 Å². The van der Waals surface area contributed by atoms with Crippen molar-refractivity contribution in [2.45, 2.75) is 77.8 Å². The molecule has 5 rings (SSSR count). The Balaban J connectivity index is 1.63. The molecule has 214 valence electrons. The van der Waals surface area contributed by atoms with Gasteiger partial charge in [0.2, 0.25) is 5.91 Å². The summed E-state index contributed by atoms with van der Waals surface area (Å²) in [5.41, 5.74) is 5.05. The lowest BCUT2D eigenvalue weighted by Crippen LogP contribution is -2.61. The van der Waals surface area contributed by atoms with E-state index in [2.05, 4.69) is 21.0 Å². The second-order valence-electron chi connectivity index (χ2n) is 10.6. The Bertz CT molecular complexity index is 1250. The number of hydrogen-bond donors (Lipinski definition) is 3. The summed E-state index contributed by atoms with van der Waals surface area (Å²) >= 11 is 0. The van der Waals surface area contributed by atoms with Gasteiger partial charge in [-0.15, -0.1) is 0 Å². The Labute approximate surface area is 234 Å². The van der Waals surface area contributed by atoms with Crippen molar-refractivity contribution in [3.05, 3.63) is 48.2 Å². The maximum atomic E-state index is 13.2. The fourth-order valence-electron chi connectivity index (χ4n) is 4.64. The summed E-state index contributed by atoms with van der Waals surface area (Å²) in [5.74, 6) is -1.61. The highest BCUT2D eigenvalue weighted by Gasteiger charge is 2.34. The van der Waals surface area contributed by atoms with Crippen LogP contribution in [0.4, 0.5) is 0 Å². The van der Waals surface area contributed by atoms with E-state index in [1.807, 2.05) is 24.3 Å². The van der Waals surface area contributed by atoms with Crippen LogP contribution in [-0.4, -0.2) is 64.5 Å². The van der Waals surface area contributed by atoms with Gasteiger partial charge in [-0.2, -0.15) is 0 Å². The van der Waals surface area contributed by atoms with E-state index in [9.17, 15) is 19.2 Å². The van der Waals surface area contributed by atoms with E-state index in [0.29, 0.717) is 36.5 Å². The molecule has 0 saturated carbocycles. The fraction of sp³-hybridized carbons (Fsp3) is 0.483. The molecule has 2 aromatic rings. The van der Waals surface area contributed by atoms with Crippen LogP contribution >= 0.6 is 0 Å². The van der Waals surface area contributed by atoms with Crippen LogP contribution in [0.15, 0.2) is 42.5 Å². The molecule has 0 unspecified atom stereocenters. The number of hydrazine groups is 1. The molecule has 1 aromatic heterocycles. The normalized spacial score (nSPS) is 26.6. The number of hydrogen-bond acceptors (Lipinski definition) is 8. The summed E-state index contributed by atoms with van der Waals surface area (Å²) in [6, 6.07) is 10.1. The van der Waals surface area contributed by atoms with Crippen LogP contribution in [0.25, 0.3) is 11.3 Å². The molecule has 3 aliphatic rings. The number of amides is 3. The highest BCUT2D eigenvalue weighted by molar-refractivity contribution is 5.93. The van der Waals surface area contributed by atoms with Crippen LogP contribution in [0, 0.1) is 5.92 Å². The molecule has 11 nitrogen and oxygen atoms in total. The monoisotopic (exact) mass is 551 g/mol. The standard InChI is InChI=1S/C29H37N5O6/c1-16(2)25-27(36)30-17(3)28(37)34-15-7-10-24(33-34)29(38)40-18(4)22-8-6-9-23(31-22)20-11-13-21(14-12-20)39-19(5)26(35)32-25/h6,8-9,11-14,16-19,24-25,33H,7,10,15H2,1-5H3,(H,30,36)(H,32,35)/t17-,18+,19+,24-,25-/m0/s1. The average molecular weight is 552 g/mol. The van der Waals surface area contributed by atoms with Crippen molar-refractivity contribution in [3.8, 4) is 17.0 Å². The van der Waals surface area contributed by atoms with Crippen molar-refractivity contribution in [3.63, 3.8) is 0 Å². The van der Waals surface area contributed by atoms with Crippen LogP contribution in [0.2, 0.25) is 0 Å². The third kappa shape index (κ3) is 6.77. The minimum absolute atomic E-state index is 0.249. The number of pyridine rings is 1. The summed E-state index contributed by atoms with van der Waals surface area (Å²) in [4.78, 5) is 56.9. The summed E-state index contributed by atoms with van der Waals surface area (Å²) < 4.78 is 11.6. The van der Waals surface area contributed by atoms with E-state index in [1.54, 1.807) is 52.8 Å². The molecule has 40 heavy (non-hydrogen) atoms. The second-order valence-corrected chi connectivity index (χ2v) is 10.6. The molecule has 0 aliphatic carbocycles. The molecule has 4 heterocycles. The van der Waals surface area contributed by atoms with Gasteiger partial charge in [0.05, 0.1) is 11.4 Å². The highest BCUT2D eigenvalue weighted by Crippen LogP contribution is 2.25. The quantitative estimate of drug-likeness (QED) is 0.362. The summed E-state index contributed by atoms with van der Waals surface area (Å²) in [7, 11) is 0. The van der Waals surface area contributed by atoms with E-state index in [0.717, 1.165) is 5.56 Å². The Morgan fingerprint density at radius 3 is 2.33 bits per heavy atom. The van der Waals surface area contributed by atoms with Gasteiger partial charge in [-0.25, -0.2) is 10.4 Å². The molecule has 3 aliphatic heterocycles. The van der Waals surface area contributed by atoms with Crippen LogP contribution in [0.3, 0.4) is 0 Å². The van der Waals surface area contributed by atoms with Gasteiger partial charge in [-0.1, -0.05) is 19.9 Å². The third-order valence-corrected chi connectivity index (χ3v) is 7.03. The molecule has 0 spiro atoms. The van der Waals surface area contributed by atoms with Crippen molar-refractivity contribution >= 4 is 23.7 Å². The fourth-order valence-corrected chi connectivity index (χ4v) is 4.64. The predicted molar refractivity (Wildman–Crippen MR) is 147 cm³/mol. The Kier molecular flexibility index (Phi) is 9.03. The minimum Gasteiger partial charge on any atom is -0.481 e. The van der Waals surface area contributed by atoms with Crippen molar-refractivity contribution in [1.82, 2.24) is 26.1 Å². The molecule has 1 fully saturated rings. The Morgan fingerprint density at radius 2 is 1.62 bits per heavy atom. The average Bonchev–Trinajstić information content (AvgIpc) is 2.95. The molecule has 5 atom stereocenters. The zero-order valence-electron chi connectivity index (χ0n) is 23.5. The zero-order valence-corrected chi connectivity index (χ0v) is 23.5. The topological polar surface area (TPSA) is 139 Å². The molecule has 1 aromatic carbocycles. The zero-order chi connectivity index (χ0) is 29.0. The molecule has 11 heteroatoms. The van der Waals surface area contributed by atoms with E-state index in [4.69, 9.17) is 9.47 Å². The lowest BCUT2D eigenvalue weighted by Gasteiger charge is -2.35. The van der Waals surface area contributed by atoms with E-state index < -0.39 is 54.0 Å². The number of nitrogens with zero attached hydrogens (tertiary/aromatic N) is 2. The first-order valence-electron chi connectivity index (χ1n) is 13.7. The highest BCUT2D eigenvalue weighted by atomic mass is 16.5. The number of fused-ring (bicyclic) bond motifs is 12. The lowest BCUT2D eigenvalue weighted by atomic mass is 10.0. The smallest absolute Gasteiger partial charge is 0.325 e. The molecule has 3 N–H and O–H groups in total. The Morgan fingerprint density at radius 1 is 0.900 bits per heavy atom. The second kappa shape index (κ2) is 12.5. The number of carbonyl (C=O) groups is 4. The summed E-state index contributed by atoms with van der Waals surface area (Å²) in [5, 5.41) is 6.80. The van der Waals surface area contributed by atoms with E-state index >= 15 is 0 Å². The molecule has 6 bridgehead atoms. The lowest BCUT2D eigenvalue weighted by molar-refractivity contribution is -0.157. The maximum absolute atomic E-state index is 13.2. The summed E-state index contributed by atoms with van der Waals surface area (Å²) in [6.45, 7) is 8.91. The van der Waals surface area contributed by atoms with Crippen molar-refractivity contribution in [1.29, 1.82) is 0 Å². The number of benzene rings is 1. The summed E-state index contributed by atoms with van der Waals surface area (Å²) in [6.07, 6.45) is -0.410. The molecule has 1 saturated heterocycles. The first kappa shape index (κ1) is 29.0. The van der Waals surface area contributed by atoms with Crippen molar-refractivity contribution in [2.75, 3.05) is 6.54 Å². The van der Waals surface area contributed by atoms with Crippen LogP contribution in [-0.2, 0) is 23.9 Å². The number of nitrogens with one attached hydrogen (secondary N) is 3. The van der Waals surface area contributed by atoms with Crippen molar-refractivity contribution in [2.24, 2.45) is 5.92 Å². The molecule has 0 radical (unpaired) electrons. The van der Waals surface area contributed by atoms with Gasteiger partial charge in [-0.3, -0.25) is 24.2 Å². The number of rotatable bonds is 1. The number of esters is 1. The SMILES string of the molecule is CC(C)[C@@H]1NC(=O)[C@@H](C)Oc2ccc(cc2)-c2cccc(n2)[C@@H](C)OC(=O)[C@@H]2CCCN(N2)C(=O)[C@H](C)NC1=O. The van der Waals surface area contributed by atoms with Gasteiger partial charge < -0.3 is 20.1 Å². The van der Waals surface area contributed by atoms with Gasteiger partial charge in [0.1, 0.15) is 30.0 Å². The first-order chi connectivity index (χ1) is 19.0. The van der Waals surface area contributed by atoms with E-state index in [-0.39, 0.29) is 5.92 Å². The number of aromatic nitrogens is 1. The van der Waals surface area contributed by atoms with Gasteiger partial charge >= 0.3 is 5.97 Å². The minimum atomic E-state index is -0.899.